The fourth-order valence-corrected chi connectivity index (χ4v) is 2.61. The van der Waals surface area contributed by atoms with Crippen molar-refractivity contribution in [1.29, 1.82) is 0 Å². The van der Waals surface area contributed by atoms with Gasteiger partial charge in [-0.2, -0.15) is 0 Å². The lowest BCUT2D eigenvalue weighted by molar-refractivity contribution is -0.386. The van der Waals surface area contributed by atoms with Crippen LogP contribution in [0.3, 0.4) is 0 Å². The Morgan fingerprint density at radius 2 is 2.14 bits per heavy atom. The molecule has 2 aliphatic heterocycles. The number of nitro groups is 1. The lowest BCUT2D eigenvalue weighted by Gasteiger charge is -2.14. The number of methoxy groups -OCH3 is 1. The molecule has 2 heterocycles. The molecule has 1 saturated heterocycles. The Morgan fingerprint density at radius 3 is 2.81 bits per heavy atom. The molecule has 1 aromatic rings. The van der Waals surface area contributed by atoms with Crippen LogP contribution in [-0.2, 0) is 9.47 Å². The quantitative estimate of drug-likeness (QED) is 0.657. The van der Waals surface area contributed by atoms with Crippen LogP contribution >= 0.6 is 0 Å². The summed E-state index contributed by atoms with van der Waals surface area (Å²) < 4.78 is 21.0. The standard InChI is InChI=1S/C13H15NO7/c1-18-5-13-9(15)4-10(21-13)7-2-11-12(20-6-19-11)3-8(7)14(16)17/h2-3,9-10,13,15H,4-6H2,1H3/t9-,10-,13-/m1/s1. The van der Waals surface area contributed by atoms with Crippen LogP contribution in [0.5, 0.6) is 11.5 Å². The predicted octanol–water partition coefficient (Wildman–Crippen LogP) is 1.16. The maximum Gasteiger partial charge on any atom is 0.279 e. The number of aliphatic hydroxyl groups excluding tert-OH is 1. The van der Waals surface area contributed by atoms with Crippen molar-refractivity contribution in [1.82, 2.24) is 0 Å². The van der Waals surface area contributed by atoms with Crippen LogP contribution in [-0.4, -0.2) is 42.7 Å². The molecule has 3 rings (SSSR count). The van der Waals surface area contributed by atoms with Crippen LogP contribution in [0.2, 0.25) is 0 Å². The molecular weight excluding hydrogens is 282 g/mol. The van der Waals surface area contributed by atoms with E-state index in [2.05, 4.69) is 0 Å². The summed E-state index contributed by atoms with van der Waals surface area (Å²) in [7, 11) is 1.51. The molecule has 8 nitrogen and oxygen atoms in total. The van der Waals surface area contributed by atoms with Crippen LogP contribution in [0.25, 0.3) is 0 Å². The van der Waals surface area contributed by atoms with Gasteiger partial charge in [0.15, 0.2) is 11.5 Å². The number of fused-ring (bicyclic) bond motifs is 1. The second-order valence-electron chi connectivity index (χ2n) is 4.94. The molecule has 0 saturated carbocycles. The fraction of sp³-hybridized carbons (Fsp3) is 0.538. The summed E-state index contributed by atoms with van der Waals surface area (Å²) >= 11 is 0. The van der Waals surface area contributed by atoms with Crippen LogP contribution < -0.4 is 9.47 Å². The average molecular weight is 297 g/mol. The number of nitro benzene ring substituents is 1. The van der Waals surface area contributed by atoms with Gasteiger partial charge in [0.25, 0.3) is 5.69 Å². The highest BCUT2D eigenvalue weighted by molar-refractivity contribution is 5.56. The first-order valence-corrected chi connectivity index (χ1v) is 6.50. The Bertz CT molecular complexity index is 562. The molecule has 0 spiro atoms. The van der Waals surface area contributed by atoms with Gasteiger partial charge in [0, 0.05) is 13.5 Å². The molecule has 21 heavy (non-hydrogen) atoms. The van der Waals surface area contributed by atoms with Crippen molar-refractivity contribution in [3.8, 4) is 11.5 Å². The number of benzene rings is 1. The molecule has 8 heteroatoms. The van der Waals surface area contributed by atoms with Crippen molar-refractivity contribution >= 4 is 5.69 Å². The van der Waals surface area contributed by atoms with Crippen LogP contribution in [0, 0.1) is 10.1 Å². The van der Waals surface area contributed by atoms with Crippen LogP contribution in [0.15, 0.2) is 12.1 Å². The molecule has 0 amide bonds. The smallest absolute Gasteiger partial charge is 0.279 e. The zero-order chi connectivity index (χ0) is 15.0. The zero-order valence-electron chi connectivity index (χ0n) is 11.4. The van der Waals surface area contributed by atoms with Gasteiger partial charge in [0.05, 0.1) is 35.4 Å². The number of rotatable bonds is 4. The van der Waals surface area contributed by atoms with Crippen LogP contribution in [0.1, 0.15) is 18.1 Å². The average Bonchev–Trinajstić information content (AvgIpc) is 3.04. The van der Waals surface area contributed by atoms with Gasteiger partial charge in [-0.15, -0.1) is 0 Å². The summed E-state index contributed by atoms with van der Waals surface area (Å²) in [6, 6.07) is 2.88. The number of nitrogens with zero attached hydrogens (tertiary/aromatic N) is 1. The van der Waals surface area contributed by atoms with Gasteiger partial charge < -0.3 is 24.1 Å². The minimum absolute atomic E-state index is 0.0381. The van der Waals surface area contributed by atoms with Crippen molar-refractivity contribution in [2.45, 2.75) is 24.7 Å². The van der Waals surface area contributed by atoms with E-state index in [9.17, 15) is 15.2 Å². The lowest BCUT2D eigenvalue weighted by Crippen LogP contribution is -2.25. The summed E-state index contributed by atoms with van der Waals surface area (Å²) in [5.74, 6) is 0.793. The molecule has 0 aliphatic carbocycles. The second kappa shape index (κ2) is 5.47. The van der Waals surface area contributed by atoms with E-state index in [1.807, 2.05) is 0 Å². The SMILES string of the molecule is COC[C@H]1O[C@@H](c2cc3c(cc2[N+](=O)[O-])OCO3)C[C@H]1O. The largest absolute Gasteiger partial charge is 0.454 e. The maximum absolute atomic E-state index is 11.2. The molecule has 1 aromatic carbocycles. The molecule has 0 unspecified atom stereocenters. The monoisotopic (exact) mass is 297 g/mol. The number of hydrogen-bond donors (Lipinski definition) is 1. The third-order valence-electron chi connectivity index (χ3n) is 3.62. The number of ether oxygens (including phenoxy) is 4. The molecule has 1 N–H and O–H groups in total. The summed E-state index contributed by atoms with van der Waals surface area (Å²) in [5.41, 5.74) is 0.274. The van der Waals surface area contributed by atoms with E-state index in [1.54, 1.807) is 6.07 Å². The maximum atomic E-state index is 11.2. The Hall–Kier alpha value is -1.90. The Balaban J connectivity index is 1.93. The van der Waals surface area contributed by atoms with Crippen molar-refractivity contribution in [2.24, 2.45) is 0 Å². The number of aliphatic hydroxyl groups is 1. The third kappa shape index (κ3) is 2.53. The van der Waals surface area contributed by atoms with Crippen molar-refractivity contribution in [3.63, 3.8) is 0 Å². The molecule has 0 radical (unpaired) electrons. The molecule has 114 valence electrons. The van der Waals surface area contributed by atoms with Crippen molar-refractivity contribution < 1.29 is 29.0 Å². The topological polar surface area (TPSA) is 100 Å². The Kier molecular flexibility index (Phi) is 3.66. The summed E-state index contributed by atoms with van der Waals surface area (Å²) in [6.45, 7) is 0.270. The first-order chi connectivity index (χ1) is 10.1. The van der Waals surface area contributed by atoms with Crippen molar-refractivity contribution in [3.05, 3.63) is 27.8 Å². The predicted molar refractivity (Wildman–Crippen MR) is 69.3 cm³/mol. The van der Waals surface area contributed by atoms with E-state index in [-0.39, 0.29) is 25.5 Å². The van der Waals surface area contributed by atoms with Gasteiger partial charge in [0.1, 0.15) is 6.10 Å². The number of hydrogen-bond acceptors (Lipinski definition) is 7. The molecule has 0 bridgehead atoms. The van der Waals surface area contributed by atoms with Gasteiger partial charge in [-0.3, -0.25) is 10.1 Å². The van der Waals surface area contributed by atoms with Crippen molar-refractivity contribution in [2.75, 3.05) is 20.5 Å². The van der Waals surface area contributed by atoms with Gasteiger partial charge >= 0.3 is 0 Å². The zero-order valence-corrected chi connectivity index (χ0v) is 11.4. The van der Waals surface area contributed by atoms with Gasteiger partial charge in [-0.1, -0.05) is 0 Å². The summed E-state index contributed by atoms with van der Waals surface area (Å²) in [6.07, 6.45) is -1.52. The fourth-order valence-electron chi connectivity index (χ4n) is 2.61. The van der Waals surface area contributed by atoms with E-state index in [0.29, 0.717) is 17.1 Å². The van der Waals surface area contributed by atoms with Gasteiger partial charge in [0.2, 0.25) is 6.79 Å². The second-order valence-corrected chi connectivity index (χ2v) is 4.94. The Morgan fingerprint density at radius 1 is 1.43 bits per heavy atom. The van der Waals surface area contributed by atoms with E-state index < -0.39 is 23.2 Å². The molecule has 1 fully saturated rings. The van der Waals surface area contributed by atoms with Gasteiger partial charge in [-0.25, -0.2) is 0 Å². The minimum Gasteiger partial charge on any atom is -0.454 e. The molecule has 0 aromatic heterocycles. The lowest BCUT2D eigenvalue weighted by atomic mass is 10.0. The van der Waals surface area contributed by atoms with E-state index >= 15 is 0 Å². The Labute approximate surface area is 120 Å². The third-order valence-corrected chi connectivity index (χ3v) is 3.62. The van der Waals surface area contributed by atoms with E-state index in [4.69, 9.17) is 18.9 Å². The summed E-state index contributed by atoms with van der Waals surface area (Å²) in [4.78, 5) is 10.7. The first-order valence-electron chi connectivity index (χ1n) is 6.50. The normalized spacial score (nSPS) is 27.0. The van der Waals surface area contributed by atoms with E-state index in [0.717, 1.165) is 0 Å². The highest BCUT2D eigenvalue weighted by Crippen LogP contribution is 2.44. The minimum atomic E-state index is -0.722. The van der Waals surface area contributed by atoms with E-state index in [1.165, 1.54) is 13.2 Å². The molecule has 2 aliphatic rings. The summed E-state index contributed by atoms with van der Waals surface area (Å²) in [5, 5.41) is 21.2. The van der Waals surface area contributed by atoms with Gasteiger partial charge in [-0.05, 0) is 6.07 Å². The van der Waals surface area contributed by atoms with Crippen LogP contribution in [0.4, 0.5) is 5.69 Å². The molecular formula is C13H15NO7. The molecule has 3 atom stereocenters. The highest BCUT2D eigenvalue weighted by Gasteiger charge is 2.39. The first kappa shape index (κ1) is 14.1. The highest BCUT2D eigenvalue weighted by atomic mass is 16.7.